The van der Waals surface area contributed by atoms with Crippen LogP contribution in [-0.2, 0) is 16.1 Å². The number of carbonyl (C=O) groups is 3. The fraction of sp³-hybridized carbons (Fsp3) is 0.409. The Balaban J connectivity index is 2.04. The summed E-state index contributed by atoms with van der Waals surface area (Å²) in [6, 6.07) is 8.09. The molecule has 1 saturated heterocycles. The zero-order valence-electron chi connectivity index (χ0n) is 17.0. The van der Waals surface area contributed by atoms with Crippen LogP contribution in [0.15, 0.2) is 55.6 Å². The number of benzene rings is 1. The summed E-state index contributed by atoms with van der Waals surface area (Å²) in [6.07, 6.45) is 3.01. The van der Waals surface area contributed by atoms with Gasteiger partial charge >= 0.3 is 12.2 Å². The van der Waals surface area contributed by atoms with Gasteiger partial charge in [-0.1, -0.05) is 42.5 Å². The number of amides is 3. The summed E-state index contributed by atoms with van der Waals surface area (Å²) in [5.74, 6) is -0.316. The van der Waals surface area contributed by atoms with Crippen molar-refractivity contribution in [1.29, 1.82) is 0 Å². The third kappa shape index (κ3) is 6.65. The van der Waals surface area contributed by atoms with Crippen molar-refractivity contribution in [3.63, 3.8) is 0 Å². The first-order valence-electron chi connectivity index (χ1n) is 9.93. The van der Waals surface area contributed by atoms with Crippen molar-refractivity contribution < 1.29 is 24.2 Å². The number of ether oxygens (including phenoxy) is 1. The van der Waals surface area contributed by atoms with Gasteiger partial charge in [-0.2, -0.15) is 0 Å². The molecule has 8 nitrogen and oxygen atoms in total. The van der Waals surface area contributed by atoms with Crippen molar-refractivity contribution in [3.8, 4) is 0 Å². The van der Waals surface area contributed by atoms with Gasteiger partial charge in [0.2, 0.25) is 5.91 Å². The van der Waals surface area contributed by atoms with Gasteiger partial charge in [-0.3, -0.25) is 4.79 Å². The minimum Gasteiger partial charge on any atom is -0.465 e. The Morgan fingerprint density at radius 1 is 1.27 bits per heavy atom. The Morgan fingerprint density at radius 3 is 2.63 bits per heavy atom. The first kappa shape index (κ1) is 23.0. The maximum Gasteiger partial charge on any atom is 0.408 e. The maximum absolute atomic E-state index is 13.2. The molecule has 3 amide bonds. The van der Waals surface area contributed by atoms with E-state index < -0.39 is 18.2 Å². The van der Waals surface area contributed by atoms with Crippen LogP contribution in [0.25, 0.3) is 0 Å². The molecule has 0 radical (unpaired) electrons. The van der Waals surface area contributed by atoms with E-state index >= 15 is 0 Å². The van der Waals surface area contributed by atoms with Crippen LogP contribution in [0.4, 0.5) is 9.59 Å². The third-order valence-corrected chi connectivity index (χ3v) is 4.92. The lowest BCUT2D eigenvalue weighted by Gasteiger charge is -2.39. The molecular formula is C22H29N3O5. The van der Waals surface area contributed by atoms with E-state index in [0.29, 0.717) is 19.4 Å². The summed E-state index contributed by atoms with van der Waals surface area (Å²) in [5.41, 5.74) is 0.837. The summed E-state index contributed by atoms with van der Waals surface area (Å²) >= 11 is 0. The van der Waals surface area contributed by atoms with Crippen LogP contribution in [-0.4, -0.2) is 64.7 Å². The van der Waals surface area contributed by atoms with E-state index in [1.54, 1.807) is 17.1 Å². The number of rotatable bonds is 9. The molecule has 0 saturated carbocycles. The van der Waals surface area contributed by atoms with Crippen LogP contribution in [0.3, 0.4) is 0 Å². The second-order valence-electron chi connectivity index (χ2n) is 7.09. The predicted molar refractivity (Wildman–Crippen MR) is 113 cm³/mol. The molecule has 1 fully saturated rings. The van der Waals surface area contributed by atoms with Gasteiger partial charge in [0.15, 0.2) is 0 Å². The lowest BCUT2D eigenvalue weighted by Crippen LogP contribution is -2.56. The van der Waals surface area contributed by atoms with E-state index in [4.69, 9.17) is 4.74 Å². The fourth-order valence-corrected chi connectivity index (χ4v) is 3.44. The van der Waals surface area contributed by atoms with E-state index in [0.717, 1.165) is 5.56 Å². The second-order valence-corrected chi connectivity index (χ2v) is 7.09. The molecule has 0 aliphatic carbocycles. The Morgan fingerprint density at radius 2 is 2.00 bits per heavy atom. The number of carbonyl (C=O) groups excluding carboxylic acids is 2. The van der Waals surface area contributed by atoms with Crippen LogP contribution in [0.5, 0.6) is 0 Å². The monoisotopic (exact) mass is 415 g/mol. The van der Waals surface area contributed by atoms with Gasteiger partial charge in [0.1, 0.15) is 12.6 Å². The van der Waals surface area contributed by atoms with E-state index in [9.17, 15) is 19.5 Å². The predicted octanol–water partition coefficient (Wildman–Crippen LogP) is 3.01. The molecule has 1 heterocycles. The molecule has 1 aromatic rings. The van der Waals surface area contributed by atoms with Gasteiger partial charge in [-0.15, -0.1) is 13.2 Å². The molecule has 0 spiro atoms. The van der Waals surface area contributed by atoms with E-state index in [1.165, 1.54) is 4.90 Å². The average Bonchev–Trinajstić information content (AvgIpc) is 2.76. The van der Waals surface area contributed by atoms with Crippen LogP contribution >= 0.6 is 0 Å². The number of nitrogens with one attached hydrogen (secondary N) is 1. The van der Waals surface area contributed by atoms with Gasteiger partial charge in [0, 0.05) is 25.7 Å². The molecule has 1 unspecified atom stereocenters. The molecule has 162 valence electrons. The molecule has 1 aliphatic heterocycles. The minimum absolute atomic E-state index is 0.0915. The van der Waals surface area contributed by atoms with E-state index in [-0.39, 0.29) is 38.1 Å². The molecule has 1 aliphatic rings. The van der Waals surface area contributed by atoms with Gasteiger partial charge in [0.05, 0.1) is 0 Å². The average molecular weight is 415 g/mol. The van der Waals surface area contributed by atoms with E-state index in [1.807, 2.05) is 30.3 Å². The number of hydrogen-bond acceptors (Lipinski definition) is 4. The summed E-state index contributed by atoms with van der Waals surface area (Å²) < 4.78 is 5.23. The Labute approximate surface area is 176 Å². The van der Waals surface area contributed by atoms with Crippen molar-refractivity contribution in [2.45, 2.75) is 38.0 Å². The fourth-order valence-electron chi connectivity index (χ4n) is 3.44. The molecule has 2 rings (SSSR count). The standard InChI is InChI=1S/C22H29N3O5/c1-3-9-19(23-21(27)30-16-17-10-6-5-7-11-17)20(26)25(13-4-2)18-12-8-14-24(15-18)22(28)29/h3-7,10-11,18-19H,1-2,8-9,12-16H2,(H,23,27)(H,28,29)/t18?,19-/m1/s1. The van der Waals surface area contributed by atoms with Gasteiger partial charge in [0.25, 0.3) is 0 Å². The first-order valence-corrected chi connectivity index (χ1v) is 9.93. The Hall–Kier alpha value is -3.29. The van der Waals surface area contributed by atoms with Crippen molar-refractivity contribution >= 4 is 18.1 Å². The molecule has 1 aromatic carbocycles. The van der Waals surface area contributed by atoms with Gasteiger partial charge < -0.3 is 25.0 Å². The summed E-state index contributed by atoms with van der Waals surface area (Å²) in [5, 5.41) is 11.9. The summed E-state index contributed by atoms with van der Waals surface area (Å²) in [7, 11) is 0. The van der Waals surface area contributed by atoms with Crippen molar-refractivity contribution in [2.24, 2.45) is 0 Å². The molecule has 2 N–H and O–H groups in total. The first-order chi connectivity index (χ1) is 14.5. The number of piperidine rings is 1. The molecule has 0 bridgehead atoms. The Bertz CT molecular complexity index is 752. The molecule has 8 heteroatoms. The minimum atomic E-state index is -1.00. The van der Waals surface area contributed by atoms with Crippen molar-refractivity contribution in [3.05, 3.63) is 61.2 Å². The molecule has 2 atom stereocenters. The molecular weight excluding hydrogens is 386 g/mol. The topological polar surface area (TPSA) is 99.2 Å². The second kappa shape index (κ2) is 11.6. The number of alkyl carbamates (subject to hydrolysis) is 1. The number of hydrogen-bond donors (Lipinski definition) is 2. The van der Waals surface area contributed by atoms with Crippen molar-refractivity contribution in [2.75, 3.05) is 19.6 Å². The number of likely N-dealkylation sites (tertiary alicyclic amines) is 1. The lowest BCUT2D eigenvalue weighted by molar-refractivity contribution is -0.136. The third-order valence-electron chi connectivity index (χ3n) is 4.92. The Kier molecular flexibility index (Phi) is 8.93. The number of carboxylic acid groups (broad SMARTS) is 1. The highest BCUT2D eigenvalue weighted by atomic mass is 16.5. The van der Waals surface area contributed by atoms with Gasteiger partial charge in [-0.05, 0) is 24.8 Å². The van der Waals surface area contributed by atoms with Crippen LogP contribution in [0, 0.1) is 0 Å². The normalized spacial score (nSPS) is 16.8. The highest BCUT2D eigenvalue weighted by Crippen LogP contribution is 2.18. The highest BCUT2D eigenvalue weighted by Gasteiger charge is 2.33. The van der Waals surface area contributed by atoms with E-state index in [2.05, 4.69) is 18.5 Å². The lowest BCUT2D eigenvalue weighted by atomic mass is 10.0. The smallest absolute Gasteiger partial charge is 0.408 e. The SMILES string of the molecule is C=CC[C@@H](NC(=O)OCc1ccccc1)C(=O)N(CC=C)C1CCCN(C(=O)O)C1. The molecule has 30 heavy (non-hydrogen) atoms. The quantitative estimate of drug-likeness (QED) is 0.604. The highest BCUT2D eigenvalue weighted by molar-refractivity contribution is 5.86. The summed E-state index contributed by atoms with van der Waals surface area (Å²) in [4.78, 5) is 39.7. The zero-order valence-corrected chi connectivity index (χ0v) is 17.0. The largest absolute Gasteiger partial charge is 0.465 e. The van der Waals surface area contributed by atoms with Crippen LogP contribution < -0.4 is 5.32 Å². The number of nitrogens with zero attached hydrogens (tertiary/aromatic N) is 2. The summed E-state index contributed by atoms with van der Waals surface area (Å²) in [6.45, 7) is 8.40. The van der Waals surface area contributed by atoms with Crippen LogP contribution in [0.1, 0.15) is 24.8 Å². The maximum atomic E-state index is 13.2. The van der Waals surface area contributed by atoms with Crippen molar-refractivity contribution in [1.82, 2.24) is 15.1 Å². The van der Waals surface area contributed by atoms with Crippen LogP contribution in [0.2, 0.25) is 0 Å². The zero-order chi connectivity index (χ0) is 21.9. The molecule has 0 aromatic heterocycles. The van der Waals surface area contributed by atoms with Gasteiger partial charge in [-0.25, -0.2) is 9.59 Å².